The lowest BCUT2D eigenvalue weighted by Gasteiger charge is -2.08. The Morgan fingerprint density at radius 1 is 1.45 bits per heavy atom. The van der Waals surface area contributed by atoms with Gasteiger partial charge in [0, 0.05) is 22.7 Å². The fraction of sp³-hybridized carbons (Fsp3) is 0.267. The Balaban J connectivity index is 2.19. The van der Waals surface area contributed by atoms with Crippen LogP contribution in [0, 0.1) is 6.92 Å². The molecule has 4 nitrogen and oxygen atoms in total. The highest BCUT2D eigenvalue weighted by Gasteiger charge is 2.14. The summed E-state index contributed by atoms with van der Waals surface area (Å²) in [6.07, 6.45) is 2.62. The van der Waals surface area contributed by atoms with Crippen molar-refractivity contribution in [1.82, 2.24) is 9.97 Å². The largest absolute Gasteiger partial charge is 0.321 e. The fourth-order valence-corrected chi connectivity index (χ4v) is 2.86. The highest BCUT2D eigenvalue weighted by atomic mass is 79.9. The molecule has 0 fully saturated rings. The molecule has 0 bridgehead atoms. The van der Waals surface area contributed by atoms with Gasteiger partial charge in [-0.1, -0.05) is 36.4 Å². The standard InChI is InChI=1S/C15H15BrClN3OS/c1-3-6-22-15-18-8-11(16)13(20-15)14(21)19-10-5-4-9(2)12(17)7-10/h4-5,7-8H,3,6H2,1-2H3,(H,19,21). The van der Waals surface area contributed by atoms with Crippen LogP contribution < -0.4 is 5.32 Å². The van der Waals surface area contributed by atoms with Crippen LogP contribution in [-0.2, 0) is 0 Å². The van der Waals surface area contributed by atoms with Gasteiger partial charge >= 0.3 is 0 Å². The summed E-state index contributed by atoms with van der Waals surface area (Å²) in [5.41, 5.74) is 1.90. The molecule has 1 N–H and O–H groups in total. The second-order valence-electron chi connectivity index (χ2n) is 4.62. The molecule has 7 heteroatoms. The van der Waals surface area contributed by atoms with Crippen molar-refractivity contribution in [1.29, 1.82) is 0 Å². The van der Waals surface area contributed by atoms with Gasteiger partial charge in [-0.05, 0) is 47.0 Å². The van der Waals surface area contributed by atoms with E-state index >= 15 is 0 Å². The first kappa shape index (κ1) is 17.2. The number of carbonyl (C=O) groups is 1. The molecular formula is C15H15BrClN3OS. The van der Waals surface area contributed by atoms with Crippen molar-refractivity contribution in [2.75, 3.05) is 11.1 Å². The number of halogens is 2. The van der Waals surface area contributed by atoms with Gasteiger partial charge in [0.1, 0.15) is 5.69 Å². The van der Waals surface area contributed by atoms with Crippen LogP contribution >= 0.6 is 39.3 Å². The summed E-state index contributed by atoms with van der Waals surface area (Å²) >= 11 is 10.9. The predicted molar refractivity (Wildman–Crippen MR) is 94.9 cm³/mol. The number of benzene rings is 1. The van der Waals surface area contributed by atoms with Crippen LogP contribution in [-0.4, -0.2) is 21.6 Å². The van der Waals surface area contributed by atoms with Crippen molar-refractivity contribution in [3.8, 4) is 0 Å². The first-order valence-corrected chi connectivity index (χ1v) is 8.89. The summed E-state index contributed by atoms with van der Waals surface area (Å²) in [6, 6.07) is 5.38. The van der Waals surface area contributed by atoms with E-state index in [1.165, 1.54) is 11.8 Å². The molecule has 0 atom stereocenters. The maximum Gasteiger partial charge on any atom is 0.275 e. The smallest absolute Gasteiger partial charge is 0.275 e. The summed E-state index contributed by atoms with van der Waals surface area (Å²) in [6.45, 7) is 3.99. The van der Waals surface area contributed by atoms with Crippen molar-refractivity contribution < 1.29 is 4.79 Å². The van der Waals surface area contributed by atoms with Gasteiger partial charge in [-0.3, -0.25) is 4.79 Å². The first-order valence-electron chi connectivity index (χ1n) is 6.74. The third-order valence-electron chi connectivity index (χ3n) is 2.80. The van der Waals surface area contributed by atoms with Crippen molar-refractivity contribution in [2.24, 2.45) is 0 Å². The number of carbonyl (C=O) groups excluding carboxylic acids is 1. The number of thioether (sulfide) groups is 1. The predicted octanol–water partition coefficient (Wildman–Crippen LogP) is 4.96. The molecule has 0 aliphatic rings. The summed E-state index contributed by atoms with van der Waals surface area (Å²) < 4.78 is 0.559. The lowest BCUT2D eigenvalue weighted by Crippen LogP contribution is -2.15. The van der Waals surface area contributed by atoms with Gasteiger partial charge in [-0.15, -0.1) is 0 Å². The van der Waals surface area contributed by atoms with Crippen LogP contribution in [0.1, 0.15) is 29.4 Å². The number of hydrogen-bond donors (Lipinski definition) is 1. The van der Waals surface area contributed by atoms with Crippen LogP contribution in [0.15, 0.2) is 34.0 Å². The van der Waals surface area contributed by atoms with Gasteiger partial charge < -0.3 is 5.32 Å². The average Bonchev–Trinajstić information content (AvgIpc) is 2.50. The molecule has 1 aromatic heterocycles. The fourth-order valence-electron chi connectivity index (χ4n) is 1.63. The van der Waals surface area contributed by atoms with E-state index in [1.54, 1.807) is 18.3 Å². The molecule has 1 heterocycles. The minimum atomic E-state index is -0.299. The van der Waals surface area contributed by atoms with Crippen LogP contribution in [0.4, 0.5) is 5.69 Å². The van der Waals surface area contributed by atoms with E-state index in [4.69, 9.17) is 11.6 Å². The van der Waals surface area contributed by atoms with Crippen LogP contribution in [0.2, 0.25) is 5.02 Å². The summed E-state index contributed by atoms with van der Waals surface area (Å²) in [5.74, 6) is 0.614. The average molecular weight is 401 g/mol. The molecule has 0 spiro atoms. The number of hydrogen-bond acceptors (Lipinski definition) is 4. The van der Waals surface area contributed by atoms with E-state index in [1.807, 2.05) is 13.0 Å². The molecule has 1 aromatic carbocycles. The molecular weight excluding hydrogens is 386 g/mol. The number of amides is 1. The van der Waals surface area contributed by atoms with Crippen LogP contribution in [0.5, 0.6) is 0 Å². The highest BCUT2D eigenvalue weighted by molar-refractivity contribution is 9.10. The second kappa shape index (κ2) is 7.94. The number of aryl methyl sites for hydroxylation is 1. The Morgan fingerprint density at radius 2 is 2.23 bits per heavy atom. The summed E-state index contributed by atoms with van der Waals surface area (Å²) in [7, 11) is 0. The van der Waals surface area contributed by atoms with Gasteiger partial charge in [0.25, 0.3) is 5.91 Å². The molecule has 0 saturated carbocycles. The molecule has 116 valence electrons. The Labute approximate surface area is 147 Å². The second-order valence-corrected chi connectivity index (χ2v) is 6.94. The Morgan fingerprint density at radius 3 is 2.91 bits per heavy atom. The van der Waals surface area contributed by atoms with Crippen molar-refractivity contribution >= 4 is 50.9 Å². The molecule has 2 rings (SSSR count). The van der Waals surface area contributed by atoms with Gasteiger partial charge in [0.15, 0.2) is 5.16 Å². The Hall–Kier alpha value is -1.11. The molecule has 0 radical (unpaired) electrons. The van der Waals surface area contributed by atoms with Crippen molar-refractivity contribution in [2.45, 2.75) is 25.4 Å². The number of nitrogens with zero attached hydrogens (tertiary/aromatic N) is 2. The first-order chi connectivity index (χ1) is 10.5. The number of aromatic nitrogens is 2. The van der Waals surface area contributed by atoms with E-state index in [0.717, 1.165) is 17.7 Å². The van der Waals surface area contributed by atoms with Gasteiger partial charge in [0.05, 0.1) is 4.47 Å². The maximum atomic E-state index is 12.4. The van der Waals surface area contributed by atoms with Gasteiger partial charge in [-0.25, -0.2) is 9.97 Å². The van der Waals surface area contributed by atoms with E-state index < -0.39 is 0 Å². The minimum Gasteiger partial charge on any atom is -0.321 e. The zero-order chi connectivity index (χ0) is 16.1. The van der Waals surface area contributed by atoms with E-state index in [-0.39, 0.29) is 5.91 Å². The number of rotatable bonds is 5. The summed E-state index contributed by atoms with van der Waals surface area (Å²) in [5, 5.41) is 4.00. The van der Waals surface area contributed by atoms with E-state index in [2.05, 4.69) is 38.1 Å². The van der Waals surface area contributed by atoms with Crippen molar-refractivity contribution in [3.05, 3.63) is 45.1 Å². The van der Waals surface area contributed by atoms with Crippen molar-refractivity contribution in [3.63, 3.8) is 0 Å². The Kier molecular flexibility index (Phi) is 6.23. The molecule has 0 saturated heterocycles. The zero-order valence-electron chi connectivity index (χ0n) is 12.2. The molecule has 0 aliphatic heterocycles. The molecule has 0 unspecified atom stereocenters. The van der Waals surface area contributed by atoms with E-state index in [9.17, 15) is 4.79 Å². The maximum absolute atomic E-state index is 12.4. The lowest BCUT2D eigenvalue weighted by atomic mass is 10.2. The third-order valence-corrected chi connectivity index (χ3v) is 4.86. The zero-order valence-corrected chi connectivity index (χ0v) is 15.3. The quantitative estimate of drug-likeness (QED) is 0.569. The topological polar surface area (TPSA) is 54.9 Å². The van der Waals surface area contributed by atoms with Gasteiger partial charge in [-0.2, -0.15) is 0 Å². The van der Waals surface area contributed by atoms with Gasteiger partial charge in [0.2, 0.25) is 0 Å². The Bertz CT molecular complexity index is 696. The summed E-state index contributed by atoms with van der Waals surface area (Å²) in [4.78, 5) is 20.9. The highest BCUT2D eigenvalue weighted by Crippen LogP contribution is 2.23. The molecule has 1 amide bonds. The SMILES string of the molecule is CCCSc1ncc(Br)c(C(=O)Nc2ccc(C)c(Cl)c2)n1. The van der Waals surface area contributed by atoms with E-state index in [0.29, 0.717) is 26.0 Å². The third kappa shape index (κ3) is 4.44. The molecule has 2 aromatic rings. The normalized spacial score (nSPS) is 10.5. The lowest BCUT2D eigenvalue weighted by molar-refractivity contribution is 0.102. The molecule has 22 heavy (non-hydrogen) atoms. The van der Waals surface area contributed by atoms with Crippen LogP contribution in [0.3, 0.4) is 0 Å². The van der Waals surface area contributed by atoms with Crippen LogP contribution in [0.25, 0.3) is 0 Å². The number of anilines is 1. The minimum absolute atomic E-state index is 0.299. The number of nitrogens with one attached hydrogen (secondary N) is 1. The monoisotopic (exact) mass is 399 g/mol. The molecule has 0 aliphatic carbocycles.